The molecule has 0 bridgehead atoms. The molecule has 1 saturated heterocycles. The molecule has 0 saturated carbocycles. The zero-order valence-electron chi connectivity index (χ0n) is 10.5. The van der Waals surface area contributed by atoms with E-state index in [0.29, 0.717) is 0 Å². The van der Waals surface area contributed by atoms with Gasteiger partial charge in [0, 0.05) is 5.92 Å². The summed E-state index contributed by atoms with van der Waals surface area (Å²) in [5.74, 6) is -0.552. The molecule has 3 unspecified atom stereocenters. The standard InChI is InChI=1S/C14H20O3/c1-9-4-3-5-10(2)8-12-11(7-6-9)13(15)14(16)17-12/h4,8,11-13,15H,3,5-7H2,1-2H3. The van der Waals surface area contributed by atoms with Gasteiger partial charge in [0.25, 0.3) is 0 Å². The van der Waals surface area contributed by atoms with Gasteiger partial charge >= 0.3 is 5.97 Å². The largest absolute Gasteiger partial charge is 0.456 e. The smallest absolute Gasteiger partial charge is 0.336 e. The molecule has 3 atom stereocenters. The monoisotopic (exact) mass is 236 g/mol. The lowest BCUT2D eigenvalue weighted by Crippen LogP contribution is -2.24. The van der Waals surface area contributed by atoms with Crippen LogP contribution < -0.4 is 0 Å². The fraction of sp³-hybridized carbons (Fsp3) is 0.643. The van der Waals surface area contributed by atoms with Crippen LogP contribution >= 0.6 is 0 Å². The van der Waals surface area contributed by atoms with Crippen LogP contribution in [0.4, 0.5) is 0 Å². The highest BCUT2D eigenvalue weighted by molar-refractivity contribution is 5.77. The van der Waals surface area contributed by atoms with E-state index < -0.39 is 12.1 Å². The summed E-state index contributed by atoms with van der Waals surface area (Å²) in [6, 6.07) is 0. The van der Waals surface area contributed by atoms with Gasteiger partial charge in [-0.25, -0.2) is 4.79 Å². The van der Waals surface area contributed by atoms with E-state index in [9.17, 15) is 9.90 Å². The van der Waals surface area contributed by atoms with Crippen molar-refractivity contribution in [2.24, 2.45) is 5.92 Å². The van der Waals surface area contributed by atoms with Crippen molar-refractivity contribution >= 4 is 5.97 Å². The van der Waals surface area contributed by atoms with Gasteiger partial charge in [-0.2, -0.15) is 0 Å². The number of ether oxygens (including phenoxy) is 1. The number of carbonyl (C=O) groups excluding carboxylic acids is 1. The molecule has 0 radical (unpaired) electrons. The first-order valence-corrected chi connectivity index (χ1v) is 6.29. The average molecular weight is 236 g/mol. The van der Waals surface area contributed by atoms with Gasteiger partial charge in [0.2, 0.25) is 0 Å². The maximum Gasteiger partial charge on any atom is 0.336 e. The van der Waals surface area contributed by atoms with E-state index in [4.69, 9.17) is 4.74 Å². The Morgan fingerprint density at radius 1 is 1.29 bits per heavy atom. The van der Waals surface area contributed by atoms with Crippen molar-refractivity contribution in [1.82, 2.24) is 0 Å². The quantitative estimate of drug-likeness (QED) is 0.519. The van der Waals surface area contributed by atoms with E-state index >= 15 is 0 Å². The van der Waals surface area contributed by atoms with Crippen LogP contribution in [-0.2, 0) is 9.53 Å². The normalized spacial score (nSPS) is 34.5. The van der Waals surface area contributed by atoms with Crippen LogP contribution in [0.3, 0.4) is 0 Å². The third-order valence-corrected chi connectivity index (χ3v) is 3.67. The van der Waals surface area contributed by atoms with Crippen molar-refractivity contribution in [3.8, 4) is 0 Å². The molecule has 3 heteroatoms. The summed E-state index contributed by atoms with van der Waals surface area (Å²) >= 11 is 0. The number of hydrogen-bond donors (Lipinski definition) is 1. The molecule has 0 aromatic rings. The van der Waals surface area contributed by atoms with Crippen molar-refractivity contribution in [2.45, 2.75) is 51.7 Å². The number of esters is 1. The van der Waals surface area contributed by atoms with E-state index in [1.54, 1.807) is 0 Å². The topological polar surface area (TPSA) is 46.5 Å². The first-order chi connectivity index (χ1) is 8.08. The summed E-state index contributed by atoms with van der Waals surface area (Å²) in [4.78, 5) is 11.4. The summed E-state index contributed by atoms with van der Waals surface area (Å²) < 4.78 is 5.23. The molecule has 1 N–H and O–H groups in total. The van der Waals surface area contributed by atoms with E-state index in [2.05, 4.69) is 19.9 Å². The Morgan fingerprint density at radius 3 is 2.82 bits per heavy atom. The SMILES string of the molecule is CC1=CC2OC(=O)C(O)C2CCC(C)=CCC1. The Morgan fingerprint density at radius 2 is 2.06 bits per heavy atom. The second kappa shape index (κ2) is 5.05. The molecule has 0 spiro atoms. The molecule has 2 rings (SSSR count). The lowest BCUT2D eigenvalue weighted by atomic mass is 9.89. The maximum atomic E-state index is 11.4. The Balaban J connectivity index is 2.21. The number of allylic oxidation sites excluding steroid dienone is 3. The van der Waals surface area contributed by atoms with E-state index in [1.807, 2.05) is 6.08 Å². The minimum atomic E-state index is -0.948. The lowest BCUT2D eigenvalue weighted by Gasteiger charge is -2.18. The number of aliphatic hydroxyl groups is 1. The maximum absolute atomic E-state index is 11.4. The summed E-state index contributed by atoms with van der Waals surface area (Å²) in [7, 11) is 0. The molecule has 0 aromatic carbocycles. The second-order valence-electron chi connectivity index (χ2n) is 5.15. The number of aliphatic hydroxyl groups excluding tert-OH is 1. The Hall–Kier alpha value is -1.09. The van der Waals surface area contributed by atoms with Gasteiger partial charge in [0.15, 0.2) is 6.10 Å². The van der Waals surface area contributed by atoms with Gasteiger partial charge in [0.05, 0.1) is 0 Å². The lowest BCUT2D eigenvalue weighted by molar-refractivity contribution is -0.146. The molecule has 94 valence electrons. The summed E-state index contributed by atoms with van der Waals surface area (Å²) in [6.45, 7) is 4.17. The van der Waals surface area contributed by atoms with Gasteiger partial charge in [0.1, 0.15) is 6.10 Å². The summed E-state index contributed by atoms with van der Waals surface area (Å²) in [5, 5.41) is 9.82. The molecule has 17 heavy (non-hydrogen) atoms. The van der Waals surface area contributed by atoms with Crippen molar-refractivity contribution in [3.05, 3.63) is 23.3 Å². The molecule has 1 fully saturated rings. The number of rotatable bonds is 0. The minimum absolute atomic E-state index is 0.0844. The predicted octanol–water partition coefficient (Wildman–Crippen LogP) is 2.36. The third kappa shape index (κ3) is 2.78. The number of hydrogen-bond acceptors (Lipinski definition) is 3. The first kappa shape index (κ1) is 12.4. The molecule has 3 nitrogen and oxygen atoms in total. The fourth-order valence-electron chi connectivity index (χ4n) is 2.53. The molecule has 1 aliphatic carbocycles. The van der Waals surface area contributed by atoms with Gasteiger partial charge in [-0.05, 0) is 45.6 Å². The summed E-state index contributed by atoms with van der Waals surface area (Å²) in [6.07, 6.45) is 6.86. The third-order valence-electron chi connectivity index (χ3n) is 3.67. The second-order valence-corrected chi connectivity index (χ2v) is 5.15. The number of carbonyl (C=O) groups is 1. The average Bonchev–Trinajstić information content (AvgIpc) is 2.52. The molecule has 0 amide bonds. The van der Waals surface area contributed by atoms with Crippen LogP contribution in [0.1, 0.15) is 39.5 Å². The molecular weight excluding hydrogens is 216 g/mol. The highest BCUT2D eigenvalue weighted by Gasteiger charge is 2.42. The van der Waals surface area contributed by atoms with Gasteiger partial charge in [-0.3, -0.25) is 0 Å². The van der Waals surface area contributed by atoms with E-state index in [-0.39, 0.29) is 12.0 Å². The van der Waals surface area contributed by atoms with Crippen LogP contribution in [-0.4, -0.2) is 23.3 Å². The van der Waals surface area contributed by atoms with Gasteiger partial charge in [-0.1, -0.05) is 17.2 Å². The fourth-order valence-corrected chi connectivity index (χ4v) is 2.53. The molecule has 2 aliphatic rings. The Kier molecular flexibility index (Phi) is 3.67. The van der Waals surface area contributed by atoms with Crippen molar-refractivity contribution in [3.63, 3.8) is 0 Å². The van der Waals surface area contributed by atoms with Crippen molar-refractivity contribution < 1.29 is 14.6 Å². The zero-order valence-corrected chi connectivity index (χ0v) is 10.5. The van der Waals surface area contributed by atoms with Crippen LogP contribution in [0, 0.1) is 5.92 Å². The van der Waals surface area contributed by atoms with E-state index in [0.717, 1.165) is 25.7 Å². The van der Waals surface area contributed by atoms with E-state index in [1.165, 1.54) is 11.1 Å². The van der Waals surface area contributed by atoms with Crippen LogP contribution in [0.25, 0.3) is 0 Å². The zero-order chi connectivity index (χ0) is 12.4. The molecule has 1 heterocycles. The van der Waals surface area contributed by atoms with Crippen LogP contribution in [0.2, 0.25) is 0 Å². The van der Waals surface area contributed by atoms with Crippen molar-refractivity contribution in [2.75, 3.05) is 0 Å². The molecule has 1 aliphatic heterocycles. The number of fused-ring (bicyclic) bond motifs is 1. The van der Waals surface area contributed by atoms with Crippen LogP contribution in [0.15, 0.2) is 23.3 Å². The highest BCUT2D eigenvalue weighted by atomic mass is 16.6. The Bertz CT molecular complexity index is 368. The highest BCUT2D eigenvalue weighted by Crippen LogP contribution is 2.31. The predicted molar refractivity (Wildman–Crippen MR) is 65.4 cm³/mol. The van der Waals surface area contributed by atoms with Crippen molar-refractivity contribution in [1.29, 1.82) is 0 Å². The first-order valence-electron chi connectivity index (χ1n) is 6.29. The Labute approximate surface area is 102 Å². The van der Waals surface area contributed by atoms with Gasteiger partial charge in [-0.15, -0.1) is 0 Å². The minimum Gasteiger partial charge on any atom is -0.456 e. The molecular formula is C14H20O3. The molecule has 0 aromatic heterocycles. The summed E-state index contributed by atoms with van der Waals surface area (Å²) in [5.41, 5.74) is 2.57. The van der Waals surface area contributed by atoms with Crippen LogP contribution in [0.5, 0.6) is 0 Å². The van der Waals surface area contributed by atoms with Gasteiger partial charge < -0.3 is 9.84 Å².